The van der Waals surface area contributed by atoms with Crippen LogP contribution in [-0.2, 0) is 4.74 Å². The SMILES string of the molecule is CC1CN(CCCOCC2CC2)C(c2ccccc2)CN1. The zero-order chi connectivity index (χ0) is 14.5. The van der Waals surface area contributed by atoms with Gasteiger partial charge in [-0.3, -0.25) is 4.90 Å². The third kappa shape index (κ3) is 4.53. The van der Waals surface area contributed by atoms with Crippen LogP contribution in [-0.4, -0.2) is 43.8 Å². The summed E-state index contributed by atoms with van der Waals surface area (Å²) in [5, 5.41) is 3.61. The van der Waals surface area contributed by atoms with Gasteiger partial charge in [0, 0.05) is 44.9 Å². The van der Waals surface area contributed by atoms with Gasteiger partial charge in [-0.25, -0.2) is 0 Å². The molecule has 1 aliphatic heterocycles. The summed E-state index contributed by atoms with van der Waals surface area (Å²) in [4.78, 5) is 2.62. The van der Waals surface area contributed by atoms with E-state index in [0.29, 0.717) is 12.1 Å². The second-order valence-electron chi connectivity index (χ2n) is 6.60. The Bertz CT molecular complexity index is 418. The van der Waals surface area contributed by atoms with Gasteiger partial charge in [-0.2, -0.15) is 0 Å². The zero-order valence-electron chi connectivity index (χ0n) is 13.1. The fraction of sp³-hybridized carbons (Fsp3) is 0.667. The van der Waals surface area contributed by atoms with E-state index in [0.717, 1.165) is 45.2 Å². The highest BCUT2D eigenvalue weighted by atomic mass is 16.5. The molecular formula is C18H28N2O. The van der Waals surface area contributed by atoms with Crippen LogP contribution in [0, 0.1) is 5.92 Å². The molecule has 21 heavy (non-hydrogen) atoms. The molecule has 2 aliphatic rings. The van der Waals surface area contributed by atoms with Crippen molar-refractivity contribution in [2.24, 2.45) is 5.92 Å². The zero-order valence-corrected chi connectivity index (χ0v) is 13.1. The van der Waals surface area contributed by atoms with E-state index in [-0.39, 0.29) is 0 Å². The summed E-state index contributed by atoms with van der Waals surface area (Å²) in [6.07, 6.45) is 3.90. The van der Waals surface area contributed by atoms with Gasteiger partial charge >= 0.3 is 0 Å². The van der Waals surface area contributed by atoms with E-state index < -0.39 is 0 Å². The molecule has 2 atom stereocenters. The van der Waals surface area contributed by atoms with E-state index in [1.807, 2.05) is 0 Å². The average Bonchev–Trinajstić information content (AvgIpc) is 3.32. The minimum Gasteiger partial charge on any atom is -0.381 e. The number of hydrogen-bond acceptors (Lipinski definition) is 3. The summed E-state index contributed by atoms with van der Waals surface area (Å²) in [5.41, 5.74) is 1.43. The number of nitrogens with zero attached hydrogens (tertiary/aromatic N) is 1. The Morgan fingerprint density at radius 2 is 2.05 bits per heavy atom. The van der Waals surface area contributed by atoms with Gasteiger partial charge in [-0.05, 0) is 37.7 Å². The summed E-state index contributed by atoms with van der Waals surface area (Å²) >= 11 is 0. The molecule has 0 bridgehead atoms. The molecule has 1 saturated carbocycles. The minimum absolute atomic E-state index is 0.505. The third-order valence-corrected chi connectivity index (χ3v) is 4.58. The largest absolute Gasteiger partial charge is 0.381 e. The second kappa shape index (κ2) is 7.39. The number of nitrogens with one attached hydrogen (secondary N) is 1. The summed E-state index contributed by atoms with van der Waals surface area (Å²) < 4.78 is 5.77. The van der Waals surface area contributed by atoms with Crippen LogP contribution in [0.15, 0.2) is 30.3 Å². The van der Waals surface area contributed by atoms with Crippen LogP contribution in [0.3, 0.4) is 0 Å². The molecule has 0 spiro atoms. The quantitative estimate of drug-likeness (QED) is 0.781. The van der Waals surface area contributed by atoms with Crippen LogP contribution in [0.2, 0.25) is 0 Å². The molecule has 2 unspecified atom stereocenters. The van der Waals surface area contributed by atoms with Crippen LogP contribution in [0.25, 0.3) is 0 Å². The summed E-state index contributed by atoms with van der Waals surface area (Å²) in [5.74, 6) is 0.876. The van der Waals surface area contributed by atoms with Crippen molar-refractivity contribution in [2.75, 3.05) is 32.8 Å². The van der Waals surface area contributed by atoms with E-state index >= 15 is 0 Å². The van der Waals surface area contributed by atoms with E-state index in [9.17, 15) is 0 Å². The predicted molar refractivity (Wildman–Crippen MR) is 86.4 cm³/mol. The summed E-state index contributed by atoms with van der Waals surface area (Å²) in [6.45, 7) is 7.49. The Hall–Kier alpha value is -0.900. The Kier molecular flexibility index (Phi) is 5.28. The topological polar surface area (TPSA) is 24.5 Å². The lowest BCUT2D eigenvalue weighted by Gasteiger charge is -2.39. The van der Waals surface area contributed by atoms with Crippen LogP contribution in [0.1, 0.15) is 37.8 Å². The molecule has 3 nitrogen and oxygen atoms in total. The van der Waals surface area contributed by atoms with E-state index in [2.05, 4.69) is 47.5 Å². The highest BCUT2D eigenvalue weighted by Crippen LogP contribution is 2.29. The summed E-state index contributed by atoms with van der Waals surface area (Å²) in [6, 6.07) is 12.0. The molecule has 1 aromatic carbocycles. The monoisotopic (exact) mass is 288 g/mol. The maximum atomic E-state index is 5.77. The lowest BCUT2D eigenvalue weighted by atomic mass is 10.0. The first-order valence-electron chi connectivity index (χ1n) is 8.43. The maximum Gasteiger partial charge on any atom is 0.0494 e. The Labute approximate surface area is 128 Å². The van der Waals surface area contributed by atoms with Gasteiger partial charge in [-0.15, -0.1) is 0 Å². The maximum absolute atomic E-state index is 5.77. The molecule has 1 N–H and O–H groups in total. The molecular weight excluding hydrogens is 260 g/mol. The average molecular weight is 288 g/mol. The Balaban J connectivity index is 1.48. The molecule has 1 saturated heterocycles. The van der Waals surface area contributed by atoms with Crippen molar-refractivity contribution >= 4 is 0 Å². The molecule has 1 aromatic rings. The van der Waals surface area contributed by atoms with Crippen LogP contribution >= 0.6 is 0 Å². The van der Waals surface area contributed by atoms with Crippen molar-refractivity contribution in [3.05, 3.63) is 35.9 Å². The van der Waals surface area contributed by atoms with Gasteiger partial charge < -0.3 is 10.1 Å². The van der Waals surface area contributed by atoms with E-state index in [1.54, 1.807) is 0 Å². The predicted octanol–water partition coefficient (Wildman–Crippen LogP) is 2.84. The van der Waals surface area contributed by atoms with Crippen molar-refractivity contribution < 1.29 is 4.74 Å². The van der Waals surface area contributed by atoms with Gasteiger partial charge in [-0.1, -0.05) is 30.3 Å². The molecule has 1 heterocycles. The highest BCUT2D eigenvalue weighted by Gasteiger charge is 2.26. The van der Waals surface area contributed by atoms with Gasteiger partial charge in [0.2, 0.25) is 0 Å². The van der Waals surface area contributed by atoms with Gasteiger partial charge in [0.15, 0.2) is 0 Å². The number of benzene rings is 1. The van der Waals surface area contributed by atoms with Crippen LogP contribution in [0.5, 0.6) is 0 Å². The normalized spacial score (nSPS) is 26.9. The van der Waals surface area contributed by atoms with Crippen molar-refractivity contribution in [3.8, 4) is 0 Å². The summed E-state index contributed by atoms with van der Waals surface area (Å²) in [7, 11) is 0. The number of ether oxygens (including phenoxy) is 1. The van der Waals surface area contributed by atoms with Crippen LogP contribution in [0.4, 0.5) is 0 Å². The first-order valence-corrected chi connectivity index (χ1v) is 8.43. The molecule has 0 radical (unpaired) electrons. The molecule has 0 amide bonds. The van der Waals surface area contributed by atoms with E-state index in [1.165, 1.54) is 18.4 Å². The number of rotatable bonds is 7. The van der Waals surface area contributed by atoms with Crippen LogP contribution < -0.4 is 5.32 Å². The van der Waals surface area contributed by atoms with Crippen molar-refractivity contribution in [1.82, 2.24) is 10.2 Å². The van der Waals surface area contributed by atoms with Gasteiger partial charge in [0.25, 0.3) is 0 Å². The fourth-order valence-corrected chi connectivity index (χ4v) is 3.14. The Morgan fingerprint density at radius 3 is 2.81 bits per heavy atom. The molecule has 2 fully saturated rings. The van der Waals surface area contributed by atoms with Crippen molar-refractivity contribution in [2.45, 2.75) is 38.3 Å². The second-order valence-corrected chi connectivity index (χ2v) is 6.60. The lowest BCUT2D eigenvalue weighted by molar-refractivity contribution is 0.0896. The fourth-order valence-electron chi connectivity index (χ4n) is 3.14. The number of hydrogen-bond donors (Lipinski definition) is 1. The molecule has 3 rings (SSSR count). The standard InChI is InChI=1S/C18H28N2O/c1-15-13-20(10-5-11-21-14-16-8-9-16)18(12-19-15)17-6-3-2-4-7-17/h2-4,6-7,15-16,18-19H,5,8-14H2,1H3. The first kappa shape index (κ1) is 15.0. The van der Waals surface area contributed by atoms with Gasteiger partial charge in [0.05, 0.1) is 0 Å². The van der Waals surface area contributed by atoms with Crippen molar-refractivity contribution in [1.29, 1.82) is 0 Å². The van der Waals surface area contributed by atoms with Crippen molar-refractivity contribution in [3.63, 3.8) is 0 Å². The lowest BCUT2D eigenvalue weighted by Crippen LogP contribution is -2.51. The smallest absolute Gasteiger partial charge is 0.0494 e. The molecule has 116 valence electrons. The minimum atomic E-state index is 0.505. The molecule has 0 aromatic heterocycles. The highest BCUT2D eigenvalue weighted by molar-refractivity contribution is 5.20. The third-order valence-electron chi connectivity index (χ3n) is 4.58. The Morgan fingerprint density at radius 1 is 1.24 bits per heavy atom. The van der Waals surface area contributed by atoms with E-state index in [4.69, 9.17) is 4.74 Å². The van der Waals surface area contributed by atoms with Gasteiger partial charge in [0.1, 0.15) is 0 Å². The molecule has 3 heteroatoms. The molecule has 1 aliphatic carbocycles. The number of piperazine rings is 1. The first-order chi connectivity index (χ1) is 10.3.